The maximum Gasteiger partial charge on any atom is 0.236 e. The first-order valence-corrected chi connectivity index (χ1v) is 6.12. The molecule has 3 nitrogen and oxygen atoms in total. The largest absolute Gasteiger partial charge is 0.315 e. The normalized spacial score (nSPS) is 27.9. The zero-order chi connectivity index (χ0) is 8.32. The number of rotatable bonds is 1. The zero-order valence-electron chi connectivity index (χ0n) is 6.22. The van der Waals surface area contributed by atoms with Crippen molar-refractivity contribution in [1.29, 1.82) is 0 Å². The van der Waals surface area contributed by atoms with Gasteiger partial charge in [-0.15, -0.1) is 0 Å². The minimum Gasteiger partial charge on any atom is -0.315 e. The number of hydrogen-bond acceptors (Lipinski definition) is 3. The van der Waals surface area contributed by atoms with E-state index in [1.165, 1.54) is 0 Å². The highest BCUT2D eigenvalue weighted by Crippen LogP contribution is 2.15. The average Bonchev–Trinajstić information content (AvgIpc) is 2.10. The van der Waals surface area contributed by atoms with Gasteiger partial charge >= 0.3 is 0 Å². The van der Waals surface area contributed by atoms with Crippen molar-refractivity contribution in [3.63, 3.8) is 0 Å². The van der Waals surface area contributed by atoms with Crippen LogP contribution in [0.4, 0.5) is 0 Å². The van der Waals surface area contributed by atoms with Crippen molar-refractivity contribution in [1.82, 2.24) is 5.32 Å². The minimum absolute atomic E-state index is 0.383. The van der Waals surface area contributed by atoms with E-state index in [0.29, 0.717) is 13.0 Å². The van der Waals surface area contributed by atoms with Crippen LogP contribution in [0.15, 0.2) is 0 Å². The second kappa shape index (κ2) is 3.74. The van der Waals surface area contributed by atoms with Crippen LogP contribution in [0.5, 0.6) is 0 Å². The lowest BCUT2D eigenvalue weighted by Gasteiger charge is -2.08. The molecule has 0 bridgehead atoms. The standard InChI is InChI=1S/C6H12ClNO2S/c7-11(9,10)6-3-1-2-4-8-5-6/h6,8H,1-5H2. The van der Waals surface area contributed by atoms with Gasteiger partial charge in [-0.05, 0) is 19.4 Å². The Labute approximate surface area is 71.5 Å². The Hall–Kier alpha value is 0.200. The molecule has 1 aliphatic heterocycles. The van der Waals surface area contributed by atoms with Gasteiger partial charge < -0.3 is 5.32 Å². The van der Waals surface area contributed by atoms with Crippen molar-refractivity contribution in [3.8, 4) is 0 Å². The molecule has 1 fully saturated rings. The van der Waals surface area contributed by atoms with Gasteiger partial charge in [0, 0.05) is 17.2 Å². The van der Waals surface area contributed by atoms with Crippen LogP contribution in [0, 0.1) is 0 Å². The summed E-state index contributed by atoms with van der Waals surface area (Å²) in [7, 11) is 1.88. The molecule has 0 aromatic rings. The summed E-state index contributed by atoms with van der Waals surface area (Å²) in [4.78, 5) is 0. The molecule has 1 N–H and O–H groups in total. The van der Waals surface area contributed by atoms with Crippen molar-refractivity contribution in [3.05, 3.63) is 0 Å². The molecule has 0 aromatic carbocycles. The van der Waals surface area contributed by atoms with Crippen LogP contribution in [0.1, 0.15) is 19.3 Å². The minimum atomic E-state index is -3.34. The molecule has 11 heavy (non-hydrogen) atoms. The molecule has 1 atom stereocenters. The SMILES string of the molecule is O=S(=O)(Cl)C1CCCCNC1. The predicted molar refractivity (Wildman–Crippen MR) is 45.3 cm³/mol. The van der Waals surface area contributed by atoms with Crippen LogP contribution in [0.3, 0.4) is 0 Å². The lowest BCUT2D eigenvalue weighted by molar-refractivity contribution is 0.581. The molecule has 0 saturated carbocycles. The van der Waals surface area contributed by atoms with Crippen molar-refractivity contribution >= 4 is 19.7 Å². The van der Waals surface area contributed by atoms with Crippen molar-refractivity contribution < 1.29 is 8.42 Å². The van der Waals surface area contributed by atoms with Gasteiger partial charge in [-0.25, -0.2) is 8.42 Å². The van der Waals surface area contributed by atoms with Gasteiger partial charge in [0.25, 0.3) is 0 Å². The zero-order valence-corrected chi connectivity index (χ0v) is 7.79. The summed E-state index contributed by atoms with van der Waals surface area (Å²) in [5.41, 5.74) is 0. The number of hydrogen-bond donors (Lipinski definition) is 1. The molecular weight excluding hydrogens is 186 g/mol. The summed E-state index contributed by atoms with van der Waals surface area (Å²) in [6.45, 7) is 1.41. The molecule has 0 spiro atoms. The van der Waals surface area contributed by atoms with Gasteiger partial charge in [-0.3, -0.25) is 0 Å². The summed E-state index contributed by atoms with van der Waals surface area (Å²) >= 11 is 0. The Kier molecular flexibility index (Phi) is 3.16. The Balaban J connectivity index is 2.57. The molecule has 0 aliphatic carbocycles. The molecular formula is C6H12ClNO2S. The maximum atomic E-state index is 10.9. The van der Waals surface area contributed by atoms with Gasteiger partial charge in [-0.1, -0.05) is 6.42 Å². The van der Waals surface area contributed by atoms with Gasteiger partial charge in [-0.2, -0.15) is 0 Å². The molecule has 1 unspecified atom stereocenters. The summed E-state index contributed by atoms with van der Waals surface area (Å²) in [5, 5.41) is 2.66. The fourth-order valence-electron chi connectivity index (χ4n) is 1.23. The molecule has 66 valence electrons. The summed E-state index contributed by atoms with van der Waals surface area (Å²) < 4.78 is 21.7. The first kappa shape index (κ1) is 9.29. The molecule has 0 radical (unpaired) electrons. The van der Waals surface area contributed by atoms with E-state index in [9.17, 15) is 8.42 Å². The van der Waals surface area contributed by atoms with Crippen LogP contribution in [0.25, 0.3) is 0 Å². The lowest BCUT2D eigenvalue weighted by Crippen LogP contribution is -2.28. The summed E-state index contributed by atoms with van der Waals surface area (Å²) in [5.74, 6) is 0. The Morgan fingerprint density at radius 1 is 1.36 bits per heavy atom. The number of nitrogens with one attached hydrogen (secondary N) is 1. The van der Waals surface area contributed by atoms with E-state index in [1.807, 2.05) is 0 Å². The molecule has 1 aliphatic rings. The monoisotopic (exact) mass is 197 g/mol. The average molecular weight is 198 g/mol. The highest BCUT2D eigenvalue weighted by atomic mass is 35.7. The summed E-state index contributed by atoms with van der Waals surface area (Å²) in [6.07, 6.45) is 2.69. The van der Waals surface area contributed by atoms with Gasteiger partial charge in [0.05, 0.1) is 5.25 Å². The highest BCUT2D eigenvalue weighted by molar-refractivity contribution is 8.14. The fraction of sp³-hybridized carbons (Fsp3) is 1.00. The third-order valence-electron chi connectivity index (χ3n) is 1.90. The van der Waals surface area contributed by atoms with Gasteiger partial charge in [0.2, 0.25) is 9.05 Å². The highest BCUT2D eigenvalue weighted by Gasteiger charge is 2.23. The second-order valence-electron chi connectivity index (χ2n) is 2.80. The molecule has 1 heterocycles. The van der Waals surface area contributed by atoms with E-state index in [4.69, 9.17) is 10.7 Å². The van der Waals surface area contributed by atoms with Crippen LogP contribution in [-0.4, -0.2) is 26.8 Å². The van der Waals surface area contributed by atoms with Crippen LogP contribution in [-0.2, 0) is 9.05 Å². The van der Waals surface area contributed by atoms with Crippen LogP contribution >= 0.6 is 10.7 Å². The van der Waals surface area contributed by atoms with E-state index >= 15 is 0 Å². The third kappa shape index (κ3) is 2.97. The van der Waals surface area contributed by atoms with Gasteiger partial charge in [0.1, 0.15) is 0 Å². The smallest absolute Gasteiger partial charge is 0.236 e. The van der Waals surface area contributed by atoms with Crippen molar-refractivity contribution in [2.24, 2.45) is 0 Å². The summed E-state index contributed by atoms with van der Waals surface area (Å²) in [6, 6.07) is 0. The molecule has 1 rings (SSSR count). The van der Waals surface area contributed by atoms with E-state index in [0.717, 1.165) is 19.4 Å². The molecule has 0 aromatic heterocycles. The fourth-order valence-corrected chi connectivity index (χ4v) is 2.45. The molecule has 0 amide bonds. The topological polar surface area (TPSA) is 46.2 Å². The second-order valence-corrected chi connectivity index (χ2v) is 5.71. The van der Waals surface area contributed by atoms with E-state index in [2.05, 4.69) is 5.32 Å². The van der Waals surface area contributed by atoms with Crippen molar-refractivity contribution in [2.75, 3.05) is 13.1 Å². The Morgan fingerprint density at radius 3 is 2.73 bits per heavy atom. The first-order chi connectivity index (χ1) is 5.11. The molecule has 1 saturated heterocycles. The molecule has 5 heteroatoms. The van der Waals surface area contributed by atoms with E-state index < -0.39 is 9.05 Å². The van der Waals surface area contributed by atoms with E-state index in [1.54, 1.807) is 0 Å². The van der Waals surface area contributed by atoms with Crippen LogP contribution in [0.2, 0.25) is 0 Å². The Morgan fingerprint density at radius 2 is 2.09 bits per heavy atom. The maximum absolute atomic E-state index is 10.9. The third-order valence-corrected chi connectivity index (χ3v) is 3.85. The first-order valence-electron chi connectivity index (χ1n) is 3.75. The Bertz CT molecular complexity index is 207. The predicted octanol–water partition coefficient (Wildman–Crippen LogP) is 0.697. The van der Waals surface area contributed by atoms with E-state index in [-0.39, 0.29) is 5.25 Å². The lowest BCUT2D eigenvalue weighted by atomic mass is 10.2. The van der Waals surface area contributed by atoms with Crippen LogP contribution < -0.4 is 5.32 Å². The van der Waals surface area contributed by atoms with Crippen molar-refractivity contribution in [2.45, 2.75) is 24.5 Å². The quantitative estimate of drug-likeness (QED) is 0.630. The van der Waals surface area contributed by atoms with Gasteiger partial charge in [0.15, 0.2) is 0 Å². The number of halogens is 1.